The van der Waals surface area contributed by atoms with E-state index >= 15 is 0 Å². The molecule has 0 spiro atoms. The van der Waals surface area contributed by atoms with Crippen LogP contribution >= 0.6 is 11.8 Å². The maximum atomic E-state index is 5.90. The number of oxazole rings is 1. The Morgan fingerprint density at radius 2 is 2.26 bits per heavy atom. The van der Waals surface area contributed by atoms with Crippen molar-refractivity contribution in [1.29, 1.82) is 0 Å². The highest BCUT2D eigenvalue weighted by molar-refractivity contribution is 7.99. The number of nitrogens with zero attached hydrogens (tertiary/aromatic N) is 5. The first-order valence-corrected chi connectivity index (χ1v) is 8.82. The lowest BCUT2D eigenvalue weighted by Crippen LogP contribution is -2.17. The van der Waals surface area contributed by atoms with Gasteiger partial charge in [-0.05, 0) is 30.2 Å². The first kappa shape index (κ1) is 16.4. The molecular formula is C15H23N5O2S. The van der Waals surface area contributed by atoms with Gasteiger partial charge in [0.25, 0.3) is 0 Å². The molecule has 0 aromatic carbocycles. The number of hydrogen-bond donors (Lipinski definition) is 0. The zero-order valence-corrected chi connectivity index (χ0v) is 14.8. The summed E-state index contributed by atoms with van der Waals surface area (Å²) in [5.74, 6) is 1.59. The smallest absolute Gasteiger partial charge is 0.210 e. The van der Waals surface area contributed by atoms with Crippen LogP contribution in [0.2, 0.25) is 0 Å². The number of hydrogen-bond acceptors (Lipinski definition) is 7. The summed E-state index contributed by atoms with van der Waals surface area (Å²) in [4.78, 5) is 4.41. The van der Waals surface area contributed by atoms with Gasteiger partial charge in [0.05, 0.1) is 24.1 Å². The van der Waals surface area contributed by atoms with E-state index in [0.717, 1.165) is 30.4 Å². The molecule has 2 atom stereocenters. The molecule has 1 aliphatic rings. The van der Waals surface area contributed by atoms with Crippen LogP contribution in [-0.4, -0.2) is 37.9 Å². The van der Waals surface area contributed by atoms with Gasteiger partial charge in [0.1, 0.15) is 5.76 Å². The summed E-state index contributed by atoms with van der Waals surface area (Å²) in [7, 11) is 0. The Hall–Kier alpha value is -1.41. The predicted octanol–water partition coefficient (Wildman–Crippen LogP) is 2.99. The summed E-state index contributed by atoms with van der Waals surface area (Å²) in [5, 5.41) is 12.8. The van der Waals surface area contributed by atoms with Gasteiger partial charge in [-0.25, -0.2) is 9.67 Å². The minimum Gasteiger partial charge on any atom is -0.444 e. The summed E-state index contributed by atoms with van der Waals surface area (Å²) < 4.78 is 13.4. The standard InChI is InChI=1S/C15H23N5O2S/c1-10(13-16-8-12(22-13)15(2,3)4)23-14-17-18-19-20(14)9-11-6-5-7-21-11/h8,10-11H,5-7,9H2,1-4H3/t10-,11+/m0/s1. The van der Waals surface area contributed by atoms with Gasteiger partial charge < -0.3 is 9.15 Å². The van der Waals surface area contributed by atoms with Crippen molar-refractivity contribution in [2.45, 2.75) is 69.0 Å². The second-order valence-electron chi connectivity index (χ2n) is 6.85. The van der Waals surface area contributed by atoms with Crippen molar-refractivity contribution in [2.24, 2.45) is 0 Å². The lowest BCUT2D eigenvalue weighted by atomic mass is 9.94. The molecule has 1 aliphatic heterocycles. The molecule has 3 rings (SSSR count). The minimum atomic E-state index is -0.0446. The summed E-state index contributed by atoms with van der Waals surface area (Å²) in [5.41, 5.74) is -0.0446. The van der Waals surface area contributed by atoms with Crippen LogP contribution in [0.5, 0.6) is 0 Å². The van der Waals surface area contributed by atoms with E-state index < -0.39 is 0 Å². The largest absolute Gasteiger partial charge is 0.444 e. The number of rotatable bonds is 5. The van der Waals surface area contributed by atoms with Crippen molar-refractivity contribution in [1.82, 2.24) is 25.2 Å². The lowest BCUT2D eigenvalue weighted by Gasteiger charge is -2.14. The minimum absolute atomic E-state index is 0.0420. The third-order valence-corrected chi connectivity index (χ3v) is 4.85. The van der Waals surface area contributed by atoms with Gasteiger partial charge in [-0.15, -0.1) is 5.10 Å². The van der Waals surface area contributed by atoms with Crippen LogP contribution < -0.4 is 0 Å². The summed E-state index contributed by atoms with van der Waals surface area (Å²) in [6.07, 6.45) is 4.19. The van der Waals surface area contributed by atoms with Crippen LogP contribution in [-0.2, 0) is 16.7 Å². The van der Waals surface area contributed by atoms with Crippen LogP contribution in [0.3, 0.4) is 0 Å². The monoisotopic (exact) mass is 337 g/mol. The van der Waals surface area contributed by atoms with Crippen LogP contribution in [0.4, 0.5) is 0 Å². The van der Waals surface area contributed by atoms with Crippen molar-refractivity contribution in [3.05, 3.63) is 17.8 Å². The quantitative estimate of drug-likeness (QED) is 0.776. The highest BCUT2D eigenvalue weighted by Gasteiger charge is 2.24. The average Bonchev–Trinajstić information content (AvgIpc) is 3.20. The fourth-order valence-corrected chi connectivity index (χ4v) is 3.25. The predicted molar refractivity (Wildman–Crippen MR) is 86.3 cm³/mol. The van der Waals surface area contributed by atoms with Gasteiger partial charge in [-0.3, -0.25) is 0 Å². The van der Waals surface area contributed by atoms with E-state index in [1.165, 1.54) is 0 Å². The zero-order valence-electron chi connectivity index (χ0n) is 14.0. The van der Waals surface area contributed by atoms with Gasteiger partial charge in [0.2, 0.25) is 11.0 Å². The number of tetrazole rings is 1. The van der Waals surface area contributed by atoms with E-state index in [2.05, 4.69) is 41.3 Å². The topological polar surface area (TPSA) is 78.9 Å². The van der Waals surface area contributed by atoms with E-state index in [9.17, 15) is 0 Å². The molecule has 2 aromatic rings. The molecule has 0 unspecified atom stereocenters. The molecule has 2 aromatic heterocycles. The summed E-state index contributed by atoms with van der Waals surface area (Å²) in [6.45, 7) is 9.90. The number of ether oxygens (including phenoxy) is 1. The highest BCUT2D eigenvalue weighted by atomic mass is 32.2. The van der Waals surface area contributed by atoms with Crippen molar-refractivity contribution < 1.29 is 9.15 Å². The van der Waals surface area contributed by atoms with E-state index in [4.69, 9.17) is 9.15 Å². The molecule has 0 amide bonds. The Morgan fingerprint density at radius 1 is 1.43 bits per heavy atom. The Morgan fingerprint density at radius 3 is 2.91 bits per heavy atom. The first-order chi connectivity index (χ1) is 10.9. The molecule has 126 valence electrons. The van der Waals surface area contributed by atoms with Crippen LogP contribution in [0.15, 0.2) is 15.8 Å². The molecule has 23 heavy (non-hydrogen) atoms. The second-order valence-corrected chi connectivity index (χ2v) is 8.16. The van der Waals surface area contributed by atoms with Gasteiger partial charge in [-0.1, -0.05) is 32.5 Å². The van der Waals surface area contributed by atoms with Gasteiger partial charge in [0.15, 0.2) is 0 Å². The first-order valence-electron chi connectivity index (χ1n) is 7.94. The second kappa shape index (κ2) is 6.60. The average molecular weight is 337 g/mol. The Labute approximate surface area is 140 Å². The molecular weight excluding hydrogens is 314 g/mol. The maximum Gasteiger partial charge on any atom is 0.210 e. The maximum absolute atomic E-state index is 5.90. The molecule has 0 bridgehead atoms. The van der Waals surface area contributed by atoms with Crippen LogP contribution in [0.25, 0.3) is 0 Å². The molecule has 7 nitrogen and oxygen atoms in total. The van der Waals surface area contributed by atoms with Crippen LogP contribution in [0.1, 0.15) is 57.4 Å². The highest BCUT2D eigenvalue weighted by Crippen LogP contribution is 2.35. The normalized spacial score (nSPS) is 20.1. The van der Waals surface area contributed by atoms with Gasteiger partial charge in [0, 0.05) is 12.0 Å². The van der Waals surface area contributed by atoms with Crippen molar-refractivity contribution in [3.63, 3.8) is 0 Å². The SMILES string of the molecule is C[C@H](Sc1nnnn1C[C@H]1CCCO1)c1ncc(C(C)(C)C)o1. The Kier molecular flexibility index (Phi) is 4.72. The van der Waals surface area contributed by atoms with Gasteiger partial charge >= 0.3 is 0 Å². The molecule has 0 N–H and O–H groups in total. The number of thioether (sulfide) groups is 1. The molecule has 1 saturated heterocycles. The zero-order chi connectivity index (χ0) is 16.4. The molecule has 0 saturated carbocycles. The van der Waals surface area contributed by atoms with E-state index in [1.54, 1.807) is 11.8 Å². The Balaban J connectivity index is 1.67. The molecule has 3 heterocycles. The molecule has 1 fully saturated rings. The van der Waals surface area contributed by atoms with Crippen LogP contribution in [0, 0.1) is 0 Å². The molecule has 8 heteroatoms. The molecule has 0 radical (unpaired) electrons. The van der Waals surface area contributed by atoms with E-state index in [1.807, 2.05) is 17.8 Å². The Bertz CT molecular complexity index is 642. The van der Waals surface area contributed by atoms with Crippen molar-refractivity contribution in [2.75, 3.05) is 6.61 Å². The third-order valence-electron chi connectivity index (χ3n) is 3.79. The summed E-state index contributed by atoms with van der Waals surface area (Å²) in [6, 6.07) is 0. The fraction of sp³-hybridized carbons (Fsp3) is 0.733. The third kappa shape index (κ3) is 3.92. The fourth-order valence-electron chi connectivity index (χ4n) is 2.41. The van der Waals surface area contributed by atoms with Gasteiger partial charge in [-0.2, -0.15) is 0 Å². The van der Waals surface area contributed by atoms with Crippen molar-refractivity contribution in [3.8, 4) is 0 Å². The van der Waals surface area contributed by atoms with E-state index in [0.29, 0.717) is 12.4 Å². The van der Waals surface area contributed by atoms with Crippen molar-refractivity contribution >= 4 is 11.8 Å². The number of aromatic nitrogens is 5. The summed E-state index contributed by atoms with van der Waals surface area (Å²) >= 11 is 1.55. The lowest BCUT2D eigenvalue weighted by molar-refractivity contribution is 0.0911. The molecule has 0 aliphatic carbocycles. The van der Waals surface area contributed by atoms with E-state index in [-0.39, 0.29) is 16.8 Å².